The summed E-state index contributed by atoms with van der Waals surface area (Å²) >= 11 is 5.83. The van der Waals surface area contributed by atoms with E-state index in [4.69, 9.17) is 16.9 Å². The van der Waals surface area contributed by atoms with Crippen LogP contribution in [-0.4, -0.2) is 42.9 Å². The zero-order valence-electron chi connectivity index (χ0n) is 11.2. The predicted molar refractivity (Wildman–Crippen MR) is 78.4 cm³/mol. The Bertz CT molecular complexity index is 635. The monoisotopic (exact) mass is 305 g/mol. The highest BCUT2D eigenvalue weighted by Crippen LogP contribution is 2.23. The fourth-order valence-corrected chi connectivity index (χ4v) is 2.00. The molecule has 1 heterocycles. The van der Waals surface area contributed by atoms with E-state index in [1.54, 1.807) is 24.3 Å². The quantitative estimate of drug-likeness (QED) is 0.845. The van der Waals surface area contributed by atoms with Crippen LogP contribution in [0.2, 0.25) is 5.02 Å². The molecular formula is C13H12ClN5O2. The van der Waals surface area contributed by atoms with E-state index in [9.17, 15) is 9.59 Å². The second kappa shape index (κ2) is 6.24. The number of aliphatic imine (C=N–C) groups is 1. The van der Waals surface area contributed by atoms with Crippen LogP contribution >= 0.6 is 11.6 Å². The van der Waals surface area contributed by atoms with Crippen molar-refractivity contribution in [2.75, 3.05) is 25.0 Å². The van der Waals surface area contributed by atoms with Crippen molar-refractivity contribution in [3.63, 3.8) is 0 Å². The molecule has 1 N–H and O–H groups in total. The number of carbonyl (C=O) groups is 2. The average molecular weight is 306 g/mol. The first-order valence-electron chi connectivity index (χ1n) is 6.07. The number of rotatable bonds is 2. The SMILES string of the molecule is CNC(=O)/N=C1\CN(CC#N)C(=O)N1c1ccc(Cl)cc1. The highest BCUT2D eigenvalue weighted by molar-refractivity contribution is 6.31. The van der Waals surface area contributed by atoms with Gasteiger partial charge in [0.15, 0.2) is 0 Å². The molecule has 1 aliphatic rings. The Labute approximate surface area is 126 Å². The Morgan fingerprint density at radius 1 is 1.48 bits per heavy atom. The predicted octanol–water partition coefficient (Wildman–Crippen LogP) is 1.84. The standard InChI is InChI=1S/C13H12ClN5O2/c1-16-12(20)17-11-8-18(7-6-15)13(21)19(11)10-4-2-9(14)3-5-10/h2-5H,7-8H2,1H3,(H,16,20)/b17-11+. The van der Waals surface area contributed by atoms with E-state index >= 15 is 0 Å². The van der Waals surface area contributed by atoms with Crippen molar-refractivity contribution in [1.29, 1.82) is 5.26 Å². The lowest BCUT2D eigenvalue weighted by molar-refractivity contribution is 0.225. The second-order valence-corrected chi connectivity index (χ2v) is 4.63. The van der Waals surface area contributed by atoms with E-state index in [2.05, 4.69) is 10.3 Å². The lowest BCUT2D eigenvalue weighted by Crippen LogP contribution is -2.33. The molecule has 1 aliphatic heterocycles. The lowest BCUT2D eigenvalue weighted by Gasteiger charge is -2.16. The fraction of sp³-hybridized carbons (Fsp3) is 0.231. The molecule has 1 aromatic rings. The average Bonchev–Trinajstić information content (AvgIpc) is 2.77. The smallest absolute Gasteiger partial charge is 0.339 e. The molecule has 0 unspecified atom stereocenters. The first kappa shape index (κ1) is 14.8. The van der Waals surface area contributed by atoms with E-state index in [0.717, 1.165) is 0 Å². The first-order valence-corrected chi connectivity index (χ1v) is 6.45. The number of carbonyl (C=O) groups excluding carboxylic acids is 2. The molecule has 0 aromatic heterocycles. The van der Waals surface area contributed by atoms with Crippen LogP contribution in [0.5, 0.6) is 0 Å². The number of amidine groups is 1. The summed E-state index contributed by atoms with van der Waals surface area (Å²) in [5.74, 6) is 0.261. The number of nitrogens with zero attached hydrogens (tertiary/aromatic N) is 4. The molecule has 108 valence electrons. The molecular weight excluding hydrogens is 294 g/mol. The zero-order chi connectivity index (χ0) is 15.4. The van der Waals surface area contributed by atoms with Crippen LogP contribution in [0.1, 0.15) is 0 Å². The third-order valence-electron chi connectivity index (χ3n) is 2.84. The van der Waals surface area contributed by atoms with Crippen molar-refractivity contribution in [3.8, 4) is 6.07 Å². The molecule has 0 radical (unpaired) electrons. The molecule has 1 fully saturated rings. The Balaban J connectivity index is 2.40. The molecule has 2 rings (SSSR count). The Kier molecular flexibility index (Phi) is 4.40. The van der Waals surface area contributed by atoms with Gasteiger partial charge in [-0.05, 0) is 24.3 Å². The molecule has 8 heteroatoms. The highest BCUT2D eigenvalue weighted by Gasteiger charge is 2.35. The molecule has 0 aliphatic carbocycles. The van der Waals surface area contributed by atoms with E-state index in [-0.39, 0.29) is 18.9 Å². The number of anilines is 1. The van der Waals surface area contributed by atoms with Crippen molar-refractivity contribution >= 4 is 35.2 Å². The summed E-state index contributed by atoms with van der Waals surface area (Å²) in [7, 11) is 1.45. The molecule has 1 saturated heterocycles. The summed E-state index contributed by atoms with van der Waals surface area (Å²) in [6.45, 7) is 0.0259. The first-order chi connectivity index (χ1) is 10.1. The van der Waals surface area contributed by atoms with Crippen molar-refractivity contribution in [2.24, 2.45) is 4.99 Å². The summed E-state index contributed by atoms with van der Waals surface area (Å²) in [6.07, 6.45) is 0. The van der Waals surface area contributed by atoms with Gasteiger partial charge in [0, 0.05) is 12.1 Å². The van der Waals surface area contributed by atoms with Crippen molar-refractivity contribution < 1.29 is 9.59 Å². The number of nitrogens with one attached hydrogen (secondary N) is 1. The number of hydrogen-bond donors (Lipinski definition) is 1. The van der Waals surface area contributed by atoms with E-state index < -0.39 is 12.1 Å². The van der Waals surface area contributed by atoms with Crippen molar-refractivity contribution in [2.45, 2.75) is 0 Å². The Hall–Kier alpha value is -2.59. The van der Waals surface area contributed by atoms with Gasteiger partial charge in [-0.2, -0.15) is 10.3 Å². The minimum atomic E-state index is -0.560. The molecule has 21 heavy (non-hydrogen) atoms. The van der Waals surface area contributed by atoms with Crippen LogP contribution in [0.15, 0.2) is 29.3 Å². The molecule has 4 amide bonds. The van der Waals surface area contributed by atoms with Gasteiger partial charge in [0.1, 0.15) is 12.4 Å². The van der Waals surface area contributed by atoms with Crippen LogP contribution in [0.25, 0.3) is 0 Å². The number of halogens is 1. The van der Waals surface area contributed by atoms with Gasteiger partial charge < -0.3 is 10.2 Å². The van der Waals surface area contributed by atoms with Crippen LogP contribution in [0.3, 0.4) is 0 Å². The summed E-state index contributed by atoms with van der Waals surface area (Å²) in [6, 6.07) is 7.51. The Morgan fingerprint density at radius 3 is 2.71 bits per heavy atom. The van der Waals surface area contributed by atoms with Crippen LogP contribution in [0.4, 0.5) is 15.3 Å². The third kappa shape index (κ3) is 3.12. The molecule has 0 saturated carbocycles. The number of benzene rings is 1. The number of urea groups is 2. The zero-order valence-corrected chi connectivity index (χ0v) is 12.0. The minimum Gasteiger partial charge on any atom is -0.339 e. The maximum Gasteiger partial charge on any atom is 0.342 e. The summed E-state index contributed by atoms with van der Waals surface area (Å²) < 4.78 is 0. The largest absolute Gasteiger partial charge is 0.342 e. The van der Waals surface area contributed by atoms with E-state index in [0.29, 0.717) is 10.7 Å². The normalized spacial score (nSPS) is 16.2. The third-order valence-corrected chi connectivity index (χ3v) is 3.10. The van der Waals surface area contributed by atoms with Gasteiger partial charge in [0.2, 0.25) is 0 Å². The molecule has 0 atom stereocenters. The molecule has 0 spiro atoms. The van der Waals surface area contributed by atoms with Crippen LogP contribution < -0.4 is 10.2 Å². The van der Waals surface area contributed by atoms with Gasteiger partial charge in [0.25, 0.3) is 0 Å². The van der Waals surface area contributed by atoms with Crippen molar-refractivity contribution in [3.05, 3.63) is 29.3 Å². The van der Waals surface area contributed by atoms with Gasteiger partial charge in [-0.1, -0.05) is 11.6 Å². The topological polar surface area (TPSA) is 88.8 Å². The van der Waals surface area contributed by atoms with E-state index in [1.165, 1.54) is 16.8 Å². The highest BCUT2D eigenvalue weighted by atomic mass is 35.5. The van der Waals surface area contributed by atoms with E-state index in [1.807, 2.05) is 6.07 Å². The van der Waals surface area contributed by atoms with Gasteiger partial charge >= 0.3 is 12.1 Å². The van der Waals surface area contributed by atoms with Crippen LogP contribution in [0, 0.1) is 11.3 Å². The molecule has 1 aromatic carbocycles. The van der Waals surface area contributed by atoms with Gasteiger partial charge in [-0.25, -0.2) is 14.5 Å². The fourth-order valence-electron chi connectivity index (χ4n) is 1.88. The maximum atomic E-state index is 12.3. The minimum absolute atomic E-state index is 0.0737. The number of nitriles is 1. The Morgan fingerprint density at radius 2 is 2.14 bits per heavy atom. The van der Waals surface area contributed by atoms with Gasteiger partial charge in [0.05, 0.1) is 18.3 Å². The molecule has 7 nitrogen and oxygen atoms in total. The van der Waals surface area contributed by atoms with Gasteiger partial charge in [-0.15, -0.1) is 0 Å². The number of hydrogen-bond acceptors (Lipinski definition) is 3. The maximum absolute atomic E-state index is 12.3. The molecule has 0 bridgehead atoms. The van der Waals surface area contributed by atoms with Crippen LogP contribution in [-0.2, 0) is 0 Å². The summed E-state index contributed by atoms with van der Waals surface area (Å²) in [4.78, 5) is 30.2. The second-order valence-electron chi connectivity index (χ2n) is 4.19. The lowest BCUT2D eigenvalue weighted by atomic mass is 10.3. The number of amides is 4. The summed E-state index contributed by atoms with van der Waals surface area (Å²) in [5.41, 5.74) is 0.535. The van der Waals surface area contributed by atoms with Crippen molar-refractivity contribution in [1.82, 2.24) is 10.2 Å². The summed E-state index contributed by atoms with van der Waals surface area (Å²) in [5, 5.41) is 11.7. The van der Waals surface area contributed by atoms with Gasteiger partial charge in [-0.3, -0.25) is 0 Å².